The van der Waals surface area contributed by atoms with E-state index in [9.17, 15) is 9.59 Å². The van der Waals surface area contributed by atoms with Gasteiger partial charge in [-0.15, -0.1) is 11.3 Å². The Morgan fingerprint density at radius 2 is 1.86 bits per heavy atom. The molecular weight excluding hydrogens is 374 g/mol. The Bertz CT molecular complexity index is 881. The van der Waals surface area contributed by atoms with Crippen LogP contribution in [0.4, 0.5) is 5.00 Å². The van der Waals surface area contributed by atoms with E-state index in [1.54, 1.807) is 13.2 Å². The van der Waals surface area contributed by atoms with Gasteiger partial charge in [-0.1, -0.05) is 12.1 Å². The third-order valence-corrected chi connectivity index (χ3v) is 5.71. The number of amides is 1. The van der Waals surface area contributed by atoms with Crippen LogP contribution in [0.15, 0.2) is 30.3 Å². The second-order valence-corrected chi connectivity index (χ2v) is 8.07. The van der Waals surface area contributed by atoms with Crippen molar-refractivity contribution in [3.8, 4) is 5.75 Å². The third-order valence-electron chi connectivity index (χ3n) is 4.50. The zero-order valence-corrected chi connectivity index (χ0v) is 17.2. The second-order valence-electron chi connectivity index (χ2n) is 6.96. The number of esters is 1. The fourth-order valence-corrected chi connectivity index (χ4v) is 4.46. The summed E-state index contributed by atoms with van der Waals surface area (Å²) in [5, 5.41) is 3.47. The molecule has 0 bridgehead atoms. The van der Waals surface area contributed by atoms with Crippen LogP contribution in [0.3, 0.4) is 0 Å². The lowest BCUT2D eigenvalue weighted by Crippen LogP contribution is -2.17. The number of aryl methyl sites for hydroxylation is 1. The highest BCUT2D eigenvalue weighted by molar-refractivity contribution is 7.17. The van der Waals surface area contributed by atoms with E-state index in [0.717, 1.165) is 42.6 Å². The fraction of sp³-hybridized carbons (Fsp3) is 0.364. The van der Waals surface area contributed by atoms with Gasteiger partial charge in [0.05, 0.1) is 18.8 Å². The third kappa shape index (κ3) is 4.81. The largest absolute Gasteiger partial charge is 0.497 e. The normalized spacial score (nSPS) is 13.4. The molecule has 1 aliphatic carbocycles. The molecular formula is C22H25NO4S. The Morgan fingerprint density at radius 1 is 1.14 bits per heavy atom. The molecule has 1 N–H and O–H groups in total. The van der Waals surface area contributed by atoms with Crippen LogP contribution in [0.2, 0.25) is 0 Å². The number of ether oxygens (including phenoxy) is 2. The Hall–Kier alpha value is -2.60. The van der Waals surface area contributed by atoms with Gasteiger partial charge in [-0.25, -0.2) is 4.79 Å². The van der Waals surface area contributed by atoms with Crippen LogP contribution >= 0.6 is 11.3 Å². The van der Waals surface area contributed by atoms with Crippen molar-refractivity contribution in [2.75, 3.05) is 12.4 Å². The van der Waals surface area contributed by atoms with Crippen molar-refractivity contribution in [3.63, 3.8) is 0 Å². The molecule has 1 aromatic carbocycles. The van der Waals surface area contributed by atoms with Crippen molar-refractivity contribution < 1.29 is 19.1 Å². The van der Waals surface area contributed by atoms with Crippen LogP contribution in [0, 0.1) is 0 Å². The molecule has 0 unspecified atom stereocenters. The maximum Gasteiger partial charge on any atom is 0.341 e. The molecule has 1 aromatic heterocycles. The molecule has 1 amide bonds. The first-order valence-corrected chi connectivity index (χ1v) is 10.3. The smallest absolute Gasteiger partial charge is 0.341 e. The van der Waals surface area contributed by atoms with Crippen LogP contribution < -0.4 is 10.1 Å². The second kappa shape index (κ2) is 9.06. The van der Waals surface area contributed by atoms with Gasteiger partial charge >= 0.3 is 5.97 Å². The summed E-state index contributed by atoms with van der Waals surface area (Å²) in [6.45, 7) is 3.65. The lowest BCUT2D eigenvalue weighted by atomic mass is 9.95. The SMILES string of the molecule is COc1ccc(C=CC(=O)Nc2sc3c(c2C(=O)OC(C)C)CCCC3)cc1. The summed E-state index contributed by atoms with van der Waals surface area (Å²) in [5.41, 5.74) is 2.46. The number of benzene rings is 1. The van der Waals surface area contributed by atoms with Crippen molar-refractivity contribution >= 4 is 34.3 Å². The summed E-state index contributed by atoms with van der Waals surface area (Å²) in [6.07, 6.45) is 6.95. The van der Waals surface area contributed by atoms with Gasteiger partial charge in [0.1, 0.15) is 10.8 Å². The molecule has 5 nitrogen and oxygen atoms in total. The van der Waals surface area contributed by atoms with E-state index in [1.807, 2.05) is 38.1 Å². The van der Waals surface area contributed by atoms with Crippen LogP contribution in [0.25, 0.3) is 6.08 Å². The van der Waals surface area contributed by atoms with Gasteiger partial charge in [0, 0.05) is 11.0 Å². The quantitative estimate of drug-likeness (QED) is 0.557. The molecule has 1 heterocycles. The minimum absolute atomic E-state index is 0.204. The number of nitrogens with one attached hydrogen (secondary N) is 1. The average molecular weight is 400 g/mol. The zero-order valence-electron chi connectivity index (χ0n) is 16.4. The molecule has 0 radical (unpaired) electrons. The summed E-state index contributed by atoms with van der Waals surface area (Å²) in [7, 11) is 1.61. The van der Waals surface area contributed by atoms with Crippen molar-refractivity contribution in [1.29, 1.82) is 0 Å². The molecule has 2 aromatic rings. The molecule has 28 heavy (non-hydrogen) atoms. The van der Waals surface area contributed by atoms with Gasteiger partial charge in [-0.05, 0) is 68.9 Å². The van der Waals surface area contributed by atoms with E-state index in [-0.39, 0.29) is 18.0 Å². The van der Waals surface area contributed by atoms with Crippen LogP contribution in [0.5, 0.6) is 5.75 Å². The van der Waals surface area contributed by atoms with E-state index < -0.39 is 0 Å². The molecule has 0 saturated heterocycles. The molecule has 3 rings (SSSR count). The minimum Gasteiger partial charge on any atom is -0.497 e. The summed E-state index contributed by atoms with van der Waals surface area (Å²) < 4.78 is 10.6. The molecule has 0 aliphatic heterocycles. The Balaban J connectivity index is 1.78. The molecule has 0 fully saturated rings. The number of carbonyl (C=O) groups is 2. The Morgan fingerprint density at radius 3 is 2.54 bits per heavy atom. The lowest BCUT2D eigenvalue weighted by molar-refractivity contribution is -0.111. The van der Waals surface area contributed by atoms with Gasteiger partial charge in [0.15, 0.2) is 0 Å². The minimum atomic E-state index is -0.358. The molecule has 0 atom stereocenters. The lowest BCUT2D eigenvalue weighted by Gasteiger charge is -2.14. The number of hydrogen-bond acceptors (Lipinski definition) is 5. The first-order valence-electron chi connectivity index (χ1n) is 9.46. The Kier molecular flexibility index (Phi) is 6.52. The van der Waals surface area contributed by atoms with E-state index >= 15 is 0 Å². The number of fused-ring (bicyclic) bond motifs is 1. The Labute approximate surface area is 169 Å². The monoisotopic (exact) mass is 399 g/mol. The summed E-state index contributed by atoms with van der Waals surface area (Å²) in [6, 6.07) is 7.42. The summed E-state index contributed by atoms with van der Waals surface area (Å²) in [5.74, 6) is 0.135. The van der Waals surface area contributed by atoms with Gasteiger partial charge in [-0.2, -0.15) is 0 Å². The summed E-state index contributed by atoms with van der Waals surface area (Å²) in [4.78, 5) is 26.3. The van der Waals surface area contributed by atoms with Crippen molar-refractivity contribution in [1.82, 2.24) is 0 Å². The van der Waals surface area contributed by atoms with E-state index in [2.05, 4.69) is 5.32 Å². The molecule has 6 heteroatoms. The number of hydrogen-bond donors (Lipinski definition) is 1. The predicted octanol–water partition coefficient (Wildman–Crippen LogP) is 4.85. The highest BCUT2D eigenvalue weighted by atomic mass is 32.1. The fourth-order valence-electron chi connectivity index (χ4n) is 3.18. The molecule has 148 valence electrons. The van der Waals surface area contributed by atoms with Gasteiger partial charge in [0.2, 0.25) is 5.91 Å². The average Bonchev–Trinajstić information content (AvgIpc) is 3.04. The van der Waals surface area contributed by atoms with Crippen LogP contribution in [-0.4, -0.2) is 25.1 Å². The van der Waals surface area contributed by atoms with E-state index in [0.29, 0.717) is 10.6 Å². The highest BCUT2D eigenvalue weighted by Crippen LogP contribution is 2.38. The number of carbonyl (C=O) groups excluding carboxylic acids is 2. The van der Waals surface area contributed by atoms with E-state index in [1.165, 1.54) is 22.3 Å². The topological polar surface area (TPSA) is 64.6 Å². The molecule has 0 saturated carbocycles. The highest BCUT2D eigenvalue weighted by Gasteiger charge is 2.27. The van der Waals surface area contributed by atoms with Crippen LogP contribution in [-0.2, 0) is 22.4 Å². The number of methoxy groups -OCH3 is 1. The van der Waals surface area contributed by atoms with Crippen molar-refractivity contribution in [2.45, 2.75) is 45.6 Å². The maximum atomic E-state index is 12.6. The predicted molar refractivity (Wildman–Crippen MR) is 112 cm³/mol. The van der Waals surface area contributed by atoms with Gasteiger partial charge < -0.3 is 14.8 Å². The van der Waals surface area contributed by atoms with Gasteiger partial charge in [-0.3, -0.25) is 4.79 Å². The number of rotatable bonds is 6. The molecule has 0 spiro atoms. The van der Waals surface area contributed by atoms with Crippen LogP contribution in [0.1, 0.15) is 53.1 Å². The summed E-state index contributed by atoms with van der Waals surface area (Å²) >= 11 is 1.49. The molecule has 1 aliphatic rings. The zero-order chi connectivity index (χ0) is 20.1. The van der Waals surface area contributed by atoms with Crippen molar-refractivity contribution in [3.05, 3.63) is 51.9 Å². The van der Waals surface area contributed by atoms with Crippen molar-refractivity contribution in [2.24, 2.45) is 0 Å². The standard InChI is InChI=1S/C22H25NO4S/c1-14(2)27-22(25)20-17-6-4-5-7-18(17)28-21(20)23-19(24)13-10-15-8-11-16(26-3)12-9-15/h8-14H,4-7H2,1-3H3,(H,23,24). The van der Waals surface area contributed by atoms with E-state index in [4.69, 9.17) is 9.47 Å². The maximum absolute atomic E-state index is 12.6. The number of anilines is 1. The number of thiophene rings is 1. The first-order chi connectivity index (χ1) is 13.5. The van der Waals surface area contributed by atoms with Gasteiger partial charge in [0.25, 0.3) is 0 Å². The first kappa shape index (κ1) is 20.1.